The van der Waals surface area contributed by atoms with Gasteiger partial charge in [0, 0.05) is 11.8 Å². The molecule has 0 bridgehead atoms. The van der Waals surface area contributed by atoms with Gasteiger partial charge in [-0.3, -0.25) is 0 Å². The van der Waals surface area contributed by atoms with Crippen LogP contribution in [0.3, 0.4) is 0 Å². The third kappa shape index (κ3) is 2.12. The minimum Gasteiger partial charge on any atom is -0.384 e. The van der Waals surface area contributed by atoms with Gasteiger partial charge in [0.2, 0.25) is 0 Å². The summed E-state index contributed by atoms with van der Waals surface area (Å²) >= 11 is 0. The Balaban J connectivity index is 2.23. The number of aryl methyl sites for hydroxylation is 1. The fraction of sp³-hybridized carbons (Fsp3) is 0.222. The van der Waals surface area contributed by atoms with Crippen LogP contribution in [0.5, 0.6) is 0 Å². The third-order valence-electron chi connectivity index (χ3n) is 1.86. The molecule has 0 fully saturated rings. The second-order valence-corrected chi connectivity index (χ2v) is 3.23. The highest BCUT2D eigenvalue weighted by atomic mass is 15.3. The fourth-order valence-electron chi connectivity index (χ4n) is 1.29. The molecule has 0 aliphatic heterocycles. The minimum atomic E-state index is 0.126. The molecule has 16 heavy (non-hydrogen) atoms. The van der Waals surface area contributed by atoms with Crippen molar-refractivity contribution in [3.63, 3.8) is 0 Å². The lowest BCUT2D eigenvalue weighted by atomic mass is 10.4. The van der Waals surface area contributed by atoms with Gasteiger partial charge < -0.3 is 5.73 Å². The molecule has 2 aromatic rings. The van der Waals surface area contributed by atoms with Gasteiger partial charge in [-0.1, -0.05) is 0 Å². The zero-order chi connectivity index (χ0) is 11.5. The van der Waals surface area contributed by atoms with Crippen LogP contribution in [0.25, 0.3) is 0 Å². The van der Waals surface area contributed by atoms with E-state index in [0.717, 1.165) is 5.69 Å². The summed E-state index contributed by atoms with van der Waals surface area (Å²) < 4.78 is 1.49. The van der Waals surface area contributed by atoms with E-state index in [1.807, 2.05) is 13.0 Å². The van der Waals surface area contributed by atoms with Crippen LogP contribution in [0.1, 0.15) is 17.3 Å². The van der Waals surface area contributed by atoms with Crippen molar-refractivity contribution in [2.75, 3.05) is 5.73 Å². The maximum absolute atomic E-state index is 8.57. The van der Waals surface area contributed by atoms with Crippen LogP contribution in [-0.4, -0.2) is 24.7 Å². The maximum Gasteiger partial charge on any atom is 0.252 e. The molecule has 0 atom stereocenters. The lowest BCUT2D eigenvalue weighted by Crippen LogP contribution is -2.07. The predicted octanol–water partition coefficient (Wildman–Crippen LogP) is -0.121. The summed E-state index contributed by atoms with van der Waals surface area (Å²) in [6, 6.07) is 3.53. The van der Waals surface area contributed by atoms with Gasteiger partial charge in [-0.2, -0.15) is 5.26 Å². The van der Waals surface area contributed by atoms with Crippen molar-refractivity contribution in [1.82, 2.24) is 24.7 Å². The SMILES string of the molecule is Cc1cc(N)nc(Cn2cnc(C#N)n2)n1. The molecule has 0 radical (unpaired) electrons. The quantitative estimate of drug-likeness (QED) is 0.748. The number of aromatic nitrogens is 5. The molecule has 80 valence electrons. The number of nitrogens with two attached hydrogens (primary N) is 1. The first-order chi connectivity index (χ1) is 7.67. The second-order valence-electron chi connectivity index (χ2n) is 3.23. The molecule has 7 heteroatoms. The molecular formula is C9H9N7. The van der Waals surface area contributed by atoms with Crippen molar-refractivity contribution in [3.05, 3.63) is 29.7 Å². The predicted molar refractivity (Wildman–Crippen MR) is 55.0 cm³/mol. The molecule has 0 saturated carbocycles. The molecule has 0 spiro atoms. The number of rotatable bonds is 2. The molecule has 0 saturated heterocycles. The summed E-state index contributed by atoms with van der Waals surface area (Å²) in [4.78, 5) is 12.0. The molecule has 2 N–H and O–H groups in total. The molecule has 2 heterocycles. The van der Waals surface area contributed by atoms with Gasteiger partial charge in [-0.25, -0.2) is 19.6 Å². The van der Waals surface area contributed by atoms with Crippen LogP contribution in [0.2, 0.25) is 0 Å². The smallest absolute Gasteiger partial charge is 0.252 e. The highest BCUT2D eigenvalue weighted by molar-refractivity contribution is 5.29. The van der Waals surface area contributed by atoms with Crippen molar-refractivity contribution in [2.45, 2.75) is 13.5 Å². The van der Waals surface area contributed by atoms with Crippen LogP contribution >= 0.6 is 0 Å². The van der Waals surface area contributed by atoms with E-state index in [1.165, 1.54) is 11.0 Å². The molecule has 0 aliphatic rings. The van der Waals surface area contributed by atoms with Crippen molar-refractivity contribution >= 4 is 5.82 Å². The normalized spacial score (nSPS) is 10.0. The topological polar surface area (TPSA) is 106 Å². The Hall–Kier alpha value is -2.49. The van der Waals surface area contributed by atoms with Crippen LogP contribution in [-0.2, 0) is 6.54 Å². The first-order valence-electron chi connectivity index (χ1n) is 4.57. The molecular weight excluding hydrogens is 206 g/mol. The number of hydrogen-bond donors (Lipinski definition) is 1. The fourth-order valence-corrected chi connectivity index (χ4v) is 1.29. The average Bonchev–Trinajstić information content (AvgIpc) is 2.64. The Kier molecular flexibility index (Phi) is 2.47. The monoisotopic (exact) mass is 215 g/mol. The van der Waals surface area contributed by atoms with Crippen LogP contribution in [0, 0.1) is 18.3 Å². The zero-order valence-corrected chi connectivity index (χ0v) is 8.62. The summed E-state index contributed by atoms with van der Waals surface area (Å²) in [5.74, 6) is 1.09. The first kappa shape index (κ1) is 10.0. The van der Waals surface area contributed by atoms with Crippen molar-refractivity contribution in [1.29, 1.82) is 5.26 Å². The highest BCUT2D eigenvalue weighted by Crippen LogP contribution is 2.03. The Morgan fingerprint density at radius 2 is 2.31 bits per heavy atom. The summed E-state index contributed by atoms with van der Waals surface area (Å²) in [6.07, 6.45) is 1.46. The minimum absolute atomic E-state index is 0.126. The third-order valence-corrected chi connectivity index (χ3v) is 1.86. The van der Waals surface area contributed by atoms with Gasteiger partial charge in [0.05, 0.1) is 0 Å². The van der Waals surface area contributed by atoms with E-state index in [9.17, 15) is 0 Å². The van der Waals surface area contributed by atoms with Crippen LogP contribution < -0.4 is 5.73 Å². The van der Waals surface area contributed by atoms with Crippen LogP contribution in [0.15, 0.2) is 12.4 Å². The van der Waals surface area contributed by atoms with E-state index >= 15 is 0 Å². The van der Waals surface area contributed by atoms with E-state index < -0.39 is 0 Å². The second kappa shape index (κ2) is 3.94. The van der Waals surface area contributed by atoms with Crippen molar-refractivity contribution in [2.24, 2.45) is 0 Å². The van der Waals surface area contributed by atoms with Crippen molar-refractivity contribution < 1.29 is 0 Å². The average molecular weight is 215 g/mol. The molecule has 0 amide bonds. The van der Waals surface area contributed by atoms with E-state index in [2.05, 4.69) is 20.1 Å². The molecule has 2 aromatic heterocycles. The summed E-state index contributed by atoms with van der Waals surface area (Å²) in [5, 5.41) is 12.5. The van der Waals surface area contributed by atoms with Crippen molar-refractivity contribution in [3.8, 4) is 6.07 Å². The Morgan fingerprint density at radius 3 is 2.94 bits per heavy atom. The number of hydrogen-bond acceptors (Lipinski definition) is 6. The largest absolute Gasteiger partial charge is 0.384 e. The van der Waals surface area contributed by atoms with Gasteiger partial charge in [0.15, 0.2) is 5.82 Å². The van der Waals surface area contributed by atoms with E-state index in [0.29, 0.717) is 18.2 Å². The number of anilines is 1. The summed E-state index contributed by atoms with van der Waals surface area (Å²) in [6.45, 7) is 2.18. The Bertz CT molecular complexity index is 531. The van der Waals surface area contributed by atoms with Gasteiger partial charge in [-0.15, -0.1) is 5.10 Å². The highest BCUT2D eigenvalue weighted by Gasteiger charge is 2.03. The Morgan fingerprint density at radius 1 is 1.50 bits per heavy atom. The molecule has 0 unspecified atom stereocenters. The number of nitrogens with zero attached hydrogens (tertiary/aromatic N) is 6. The number of nitriles is 1. The van der Waals surface area contributed by atoms with E-state index in [-0.39, 0.29) is 5.82 Å². The summed E-state index contributed by atoms with van der Waals surface area (Å²) in [7, 11) is 0. The van der Waals surface area contributed by atoms with Gasteiger partial charge in [-0.05, 0) is 6.92 Å². The molecule has 7 nitrogen and oxygen atoms in total. The van der Waals surface area contributed by atoms with Gasteiger partial charge in [0.1, 0.15) is 24.8 Å². The number of nitrogen functional groups attached to an aromatic ring is 1. The maximum atomic E-state index is 8.57. The lowest BCUT2D eigenvalue weighted by Gasteiger charge is -2.02. The lowest BCUT2D eigenvalue weighted by molar-refractivity contribution is 0.650. The standard InChI is InChI=1S/C9H9N7/c1-6-2-7(11)14-9(13-6)4-16-5-12-8(3-10)15-16/h2,5H,4H2,1H3,(H2,11,13,14). The Labute approximate surface area is 91.6 Å². The zero-order valence-electron chi connectivity index (χ0n) is 8.62. The van der Waals surface area contributed by atoms with Gasteiger partial charge in [0.25, 0.3) is 5.82 Å². The van der Waals surface area contributed by atoms with Crippen LogP contribution in [0.4, 0.5) is 5.82 Å². The molecule has 2 rings (SSSR count). The molecule has 0 aliphatic carbocycles. The van der Waals surface area contributed by atoms with E-state index in [1.54, 1.807) is 6.07 Å². The van der Waals surface area contributed by atoms with E-state index in [4.69, 9.17) is 11.0 Å². The summed E-state index contributed by atoms with van der Waals surface area (Å²) in [5.41, 5.74) is 6.39. The van der Waals surface area contributed by atoms with Gasteiger partial charge >= 0.3 is 0 Å². The first-order valence-corrected chi connectivity index (χ1v) is 4.57. The molecule has 0 aromatic carbocycles.